The molecule has 2 N–H and O–H groups in total. The lowest BCUT2D eigenvalue weighted by atomic mass is 10.0. The second-order valence-corrected chi connectivity index (χ2v) is 5.01. The van der Waals surface area contributed by atoms with Gasteiger partial charge in [-0.2, -0.15) is 0 Å². The number of nitrogens with one attached hydrogen (secondary N) is 1. The summed E-state index contributed by atoms with van der Waals surface area (Å²) in [6.07, 6.45) is 1.72. The average Bonchev–Trinajstić information content (AvgIpc) is 2.36. The molecule has 20 heavy (non-hydrogen) atoms. The largest absolute Gasteiger partial charge is 0.481 e. The molecule has 1 unspecified atom stereocenters. The summed E-state index contributed by atoms with van der Waals surface area (Å²) in [5.74, 6) is -0.437. The highest BCUT2D eigenvalue weighted by atomic mass is 16.6. The zero-order valence-electron chi connectivity index (χ0n) is 11.8. The SMILES string of the molecule is Cc1cc(NCCC(C)CCC(=O)O)ccc1[N+](=O)[O-]. The van der Waals surface area contributed by atoms with Crippen LogP contribution in [0.15, 0.2) is 18.2 Å². The predicted octanol–water partition coefficient (Wildman–Crippen LogP) is 3.21. The van der Waals surface area contributed by atoms with Crippen LogP contribution in [0.5, 0.6) is 0 Å². The molecule has 6 nitrogen and oxygen atoms in total. The second kappa shape index (κ2) is 7.47. The minimum absolute atomic E-state index is 0.116. The van der Waals surface area contributed by atoms with E-state index in [9.17, 15) is 14.9 Å². The number of carboxylic acids is 1. The predicted molar refractivity (Wildman–Crippen MR) is 77.0 cm³/mol. The summed E-state index contributed by atoms with van der Waals surface area (Å²) in [6, 6.07) is 4.93. The maximum atomic E-state index is 10.7. The van der Waals surface area contributed by atoms with E-state index in [-0.39, 0.29) is 12.1 Å². The van der Waals surface area contributed by atoms with Gasteiger partial charge in [0.1, 0.15) is 0 Å². The molecule has 1 aromatic rings. The Kier molecular flexibility index (Phi) is 5.96. The standard InChI is InChI=1S/C14H20N2O4/c1-10(3-6-14(17)18)7-8-15-12-4-5-13(16(19)20)11(2)9-12/h4-5,9-10,15H,3,6-8H2,1-2H3,(H,17,18). The fraction of sp³-hybridized carbons (Fsp3) is 0.500. The molecule has 0 saturated carbocycles. The minimum Gasteiger partial charge on any atom is -0.481 e. The van der Waals surface area contributed by atoms with Gasteiger partial charge >= 0.3 is 5.97 Å². The highest BCUT2D eigenvalue weighted by Crippen LogP contribution is 2.21. The summed E-state index contributed by atoms with van der Waals surface area (Å²) in [4.78, 5) is 20.8. The van der Waals surface area contributed by atoms with Crippen molar-refractivity contribution < 1.29 is 14.8 Å². The van der Waals surface area contributed by atoms with Crippen molar-refractivity contribution in [1.29, 1.82) is 0 Å². The van der Waals surface area contributed by atoms with Crippen LogP contribution in [-0.4, -0.2) is 22.5 Å². The first-order valence-corrected chi connectivity index (χ1v) is 6.61. The van der Waals surface area contributed by atoms with E-state index in [0.29, 0.717) is 17.9 Å². The Morgan fingerprint density at radius 3 is 2.70 bits per heavy atom. The van der Waals surface area contributed by atoms with Crippen LogP contribution in [-0.2, 0) is 4.79 Å². The molecule has 1 atom stereocenters. The first kappa shape index (κ1) is 15.9. The van der Waals surface area contributed by atoms with Gasteiger partial charge in [-0.25, -0.2) is 0 Å². The quantitative estimate of drug-likeness (QED) is 0.563. The molecule has 0 aliphatic carbocycles. The Morgan fingerprint density at radius 2 is 2.15 bits per heavy atom. The normalized spacial score (nSPS) is 11.9. The molecule has 0 aliphatic heterocycles. The minimum atomic E-state index is -0.768. The first-order valence-electron chi connectivity index (χ1n) is 6.61. The van der Waals surface area contributed by atoms with Crippen LogP contribution < -0.4 is 5.32 Å². The third-order valence-electron chi connectivity index (χ3n) is 3.21. The molecule has 0 saturated heterocycles. The van der Waals surface area contributed by atoms with Crippen LogP contribution in [0.1, 0.15) is 31.7 Å². The molecule has 0 amide bonds. The van der Waals surface area contributed by atoms with Crippen molar-refractivity contribution in [1.82, 2.24) is 0 Å². The summed E-state index contributed by atoms with van der Waals surface area (Å²) in [5.41, 5.74) is 1.59. The van der Waals surface area contributed by atoms with E-state index in [1.807, 2.05) is 6.92 Å². The topological polar surface area (TPSA) is 92.5 Å². The number of nitrogens with zero attached hydrogens (tertiary/aromatic N) is 1. The highest BCUT2D eigenvalue weighted by Gasteiger charge is 2.10. The maximum absolute atomic E-state index is 10.7. The molecule has 0 heterocycles. The van der Waals surface area contributed by atoms with E-state index in [1.54, 1.807) is 19.1 Å². The average molecular weight is 280 g/mol. The van der Waals surface area contributed by atoms with E-state index in [0.717, 1.165) is 18.7 Å². The van der Waals surface area contributed by atoms with Crippen molar-refractivity contribution in [3.8, 4) is 0 Å². The van der Waals surface area contributed by atoms with Crippen LogP contribution in [0.4, 0.5) is 11.4 Å². The fourth-order valence-corrected chi connectivity index (χ4v) is 1.95. The van der Waals surface area contributed by atoms with E-state index in [2.05, 4.69) is 5.32 Å². The van der Waals surface area contributed by atoms with Crippen molar-refractivity contribution in [3.05, 3.63) is 33.9 Å². The number of hydrogen-bond donors (Lipinski definition) is 2. The number of hydrogen-bond acceptors (Lipinski definition) is 4. The van der Waals surface area contributed by atoms with Crippen LogP contribution in [0.3, 0.4) is 0 Å². The Balaban J connectivity index is 2.41. The van der Waals surface area contributed by atoms with Crippen molar-refractivity contribution in [2.75, 3.05) is 11.9 Å². The molecule has 0 aromatic heterocycles. The monoisotopic (exact) mass is 280 g/mol. The van der Waals surface area contributed by atoms with Crippen LogP contribution in [0, 0.1) is 23.0 Å². The van der Waals surface area contributed by atoms with Crippen LogP contribution >= 0.6 is 0 Å². The molecule has 0 radical (unpaired) electrons. The lowest BCUT2D eigenvalue weighted by Gasteiger charge is -2.12. The molecule has 1 aromatic carbocycles. The lowest BCUT2D eigenvalue weighted by molar-refractivity contribution is -0.385. The third-order valence-corrected chi connectivity index (χ3v) is 3.21. The molecule has 0 spiro atoms. The maximum Gasteiger partial charge on any atom is 0.303 e. The van der Waals surface area contributed by atoms with E-state index >= 15 is 0 Å². The summed E-state index contributed by atoms with van der Waals surface area (Å²) < 4.78 is 0. The number of nitro groups is 1. The van der Waals surface area contributed by atoms with Crippen molar-refractivity contribution in [2.24, 2.45) is 5.92 Å². The Labute approximate surface area is 118 Å². The zero-order valence-corrected chi connectivity index (χ0v) is 11.8. The number of carbonyl (C=O) groups is 1. The van der Waals surface area contributed by atoms with Crippen LogP contribution in [0.2, 0.25) is 0 Å². The number of anilines is 1. The van der Waals surface area contributed by atoms with Gasteiger partial charge in [0.05, 0.1) is 4.92 Å². The van der Waals surface area contributed by atoms with Crippen molar-refractivity contribution in [2.45, 2.75) is 33.1 Å². The first-order chi connectivity index (χ1) is 9.40. The van der Waals surface area contributed by atoms with E-state index < -0.39 is 10.9 Å². The Bertz CT molecular complexity index is 488. The third kappa shape index (κ3) is 5.26. The number of nitro benzene ring substituents is 1. The smallest absolute Gasteiger partial charge is 0.303 e. The van der Waals surface area contributed by atoms with Gasteiger partial charge in [-0.05, 0) is 37.8 Å². The van der Waals surface area contributed by atoms with Gasteiger partial charge in [0.15, 0.2) is 0 Å². The van der Waals surface area contributed by atoms with Gasteiger partial charge in [0.25, 0.3) is 5.69 Å². The molecule has 6 heteroatoms. The summed E-state index contributed by atoms with van der Waals surface area (Å²) in [7, 11) is 0. The van der Waals surface area contributed by atoms with Gasteiger partial charge in [-0.1, -0.05) is 6.92 Å². The summed E-state index contributed by atoms with van der Waals surface area (Å²) >= 11 is 0. The Hall–Kier alpha value is -2.11. The molecule has 0 bridgehead atoms. The number of carboxylic acid groups (broad SMARTS) is 1. The highest BCUT2D eigenvalue weighted by molar-refractivity contribution is 5.66. The fourth-order valence-electron chi connectivity index (χ4n) is 1.95. The molecule has 0 fully saturated rings. The van der Waals surface area contributed by atoms with Crippen molar-refractivity contribution in [3.63, 3.8) is 0 Å². The number of benzene rings is 1. The van der Waals surface area contributed by atoms with Gasteiger partial charge < -0.3 is 10.4 Å². The van der Waals surface area contributed by atoms with Gasteiger partial charge in [-0.3, -0.25) is 14.9 Å². The van der Waals surface area contributed by atoms with Gasteiger partial charge in [0, 0.05) is 30.3 Å². The van der Waals surface area contributed by atoms with Gasteiger partial charge in [-0.15, -0.1) is 0 Å². The number of aliphatic carboxylic acids is 1. The molecular formula is C14H20N2O4. The number of rotatable bonds is 8. The lowest BCUT2D eigenvalue weighted by Crippen LogP contribution is -2.08. The zero-order chi connectivity index (χ0) is 15.1. The summed E-state index contributed by atoms with van der Waals surface area (Å²) in [5, 5.41) is 22.5. The molecular weight excluding hydrogens is 260 g/mol. The van der Waals surface area contributed by atoms with E-state index in [4.69, 9.17) is 5.11 Å². The van der Waals surface area contributed by atoms with E-state index in [1.165, 1.54) is 6.07 Å². The number of aryl methyl sites for hydroxylation is 1. The van der Waals surface area contributed by atoms with Crippen molar-refractivity contribution >= 4 is 17.3 Å². The molecule has 0 aliphatic rings. The molecule has 1 rings (SSSR count). The second-order valence-electron chi connectivity index (χ2n) is 5.01. The molecule has 110 valence electrons. The van der Waals surface area contributed by atoms with Gasteiger partial charge in [0.2, 0.25) is 0 Å². The van der Waals surface area contributed by atoms with Crippen LogP contribution in [0.25, 0.3) is 0 Å². The Morgan fingerprint density at radius 1 is 1.45 bits per heavy atom. The summed E-state index contributed by atoms with van der Waals surface area (Å²) in [6.45, 7) is 4.45.